The number of quaternary nitrogens is 1. The number of Topliss-reactive ketones (excluding diaryl/α,β-unsaturated/α-hetero) is 1. The van der Waals surface area contributed by atoms with E-state index >= 15 is 0 Å². The number of carbonyl (C=O) groups excluding carboxylic acids is 1. The van der Waals surface area contributed by atoms with Gasteiger partial charge in [-0.1, -0.05) is 40.0 Å². The van der Waals surface area contributed by atoms with E-state index in [1.807, 2.05) is 13.8 Å². The number of ether oxygens (including phenoxy) is 1. The van der Waals surface area contributed by atoms with Crippen molar-refractivity contribution in [3.63, 3.8) is 0 Å². The molecule has 0 aromatic heterocycles. The second-order valence-corrected chi connectivity index (χ2v) is 10.2. The molecule has 0 saturated carbocycles. The Balaban J connectivity index is -0.000000162. The summed E-state index contributed by atoms with van der Waals surface area (Å²) in [5, 5.41) is 0. The molecule has 0 aromatic rings. The summed E-state index contributed by atoms with van der Waals surface area (Å²) in [5.41, 5.74) is 0. The van der Waals surface area contributed by atoms with Crippen LogP contribution in [0.2, 0.25) is 0 Å². The van der Waals surface area contributed by atoms with Crippen LogP contribution in [0.25, 0.3) is 0 Å². The summed E-state index contributed by atoms with van der Waals surface area (Å²) < 4.78 is 5.78. The molecule has 0 N–H and O–H groups in total. The summed E-state index contributed by atoms with van der Waals surface area (Å²) in [6.07, 6.45) is 11.2. The van der Waals surface area contributed by atoms with Gasteiger partial charge in [-0.05, 0) is 81.3 Å². The van der Waals surface area contributed by atoms with E-state index in [-0.39, 0.29) is 5.78 Å². The third-order valence-corrected chi connectivity index (χ3v) is 5.61. The first-order valence-electron chi connectivity index (χ1n) is 13.5. The summed E-state index contributed by atoms with van der Waals surface area (Å²) in [6, 6.07) is 0.898. The Labute approximate surface area is 210 Å². The minimum absolute atomic E-state index is 0.289. The molecule has 0 spiro atoms. The van der Waals surface area contributed by atoms with Crippen molar-refractivity contribution in [1.29, 1.82) is 0 Å². The van der Waals surface area contributed by atoms with E-state index in [9.17, 15) is 4.79 Å². The minimum Gasteiger partial charge on any atom is -0.385 e. The van der Waals surface area contributed by atoms with Crippen LogP contribution in [-0.2, 0) is 9.53 Å². The molecule has 0 amide bonds. The number of nitrogens with zero attached hydrogens (tertiary/aromatic N) is 3. The van der Waals surface area contributed by atoms with E-state index < -0.39 is 0 Å². The molecular formula is C28H66N3O2+. The molecule has 5 heteroatoms. The highest BCUT2D eigenvalue weighted by Gasteiger charge is 2.29. The smallest absolute Gasteiger partial charge is 0.129 e. The molecule has 1 aliphatic heterocycles. The van der Waals surface area contributed by atoms with Crippen molar-refractivity contribution in [2.24, 2.45) is 0 Å². The van der Waals surface area contributed by atoms with E-state index in [0.29, 0.717) is 0 Å². The molecule has 1 aliphatic rings. The van der Waals surface area contributed by atoms with Gasteiger partial charge < -0.3 is 23.8 Å². The second-order valence-electron chi connectivity index (χ2n) is 10.2. The standard InChI is InChI=1S/C7H16N.C7H17N.C6H15N.C5H10O.C3H8O/c1-7-5-4-6-8(7,2)3;1-4-5-6-7-8(2)3;1-4-5-6-7(2)3;1-3-4-5(2)6;1-3-4-2/h7H,4-6H2,1-3H3;4-7H2,1-3H3;4-6H2,1-3H3;3-4H2,1-2H3;3H2,1-2H3/q+1;;;;. The molecule has 0 radical (unpaired) electrons. The van der Waals surface area contributed by atoms with Crippen molar-refractivity contribution >= 4 is 5.78 Å². The summed E-state index contributed by atoms with van der Waals surface area (Å²) in [4.78, 5) is 14.5. The van der Waals surface area contributed by atoms with Crippen LogP contribution in [0, 0.1) is 0 Å². The highest BCUT2D eigenvalue weighted by atomic mass is 16.5. The van der Waals surface area contributed by atoms with Crippen molar-refractivity contribution in [3.8, 4) is 0 Å². The van der Waals surface area contributed by atoms with Gasteiger partial charge in [0.25, 0.3) is 0 Å². The molecule has 204 valence electrons. The molecule has 1 unspecified atom stereocenters. The number of likely N-dealkylation sites (tertiary alicyclic amines) is 1. The van der Waals surface area contributed by atoms with Crippen molar-refractivity contribution in [2.75, 3.05) is 75.6 Å². The van der Waals surface area contributed by atoms with Gasteiger partial charge in [0.2, 0.25) is 0 Å². The highest BCUT2D eigenvalue weighted by Crippen LogP contribution is 2.20. The Morgan fingerprint density at radius 2 is 1.33 bits per heavy atom. The largest absolute Gasteiger partial charge is 0.385 e. The van der Waals surface area contributed by atoms with E-state index in [1.165, 1.54) is 69.1 Å². The number of unbranched alkanes of at least 4 members (excludes halogenated alkanes) is 3. The maximum Gasteiger partial charge on any atom is 0.129 e. The topological polar surface area (TPSA) is 32.8 Å². The van der Waals surface area contributed by atoms with Gasteiger partial charge in [-0.25, -0.2) is 0 Å². The Bertz CT molecular complexity index is 370. The fourth-order valence-electron chi connectivity index (χ4n) is 2.87. The molecule has 33 heavy (non-hydrogen) atoms. The number of methoxy groups -OCH3 is 1. The number of ketones is 1. The zero-order valence-corrected chi connectivity index (χ0v) is 25.4. The molecule has 1 heterocycles. The molecular weight excluding hydrogens is 410 g/mol. The lowest BCUT2D eigenvalue weighted by atomic mass is 10.2. The predicted octanol–water partition coefficient (Wildman–Crippen LogP) is 6.36. The SMILES string of the molecule is CC1CCC[N+]1(C)C.CCCC(C)=O.CCCCCN(C)C.CCCCN(C)C.CCOC. The summed E-state index contributed by atoms with van der Waals surface area (Å²) in [6.45, 7) is 17.0. The molecule has 1 saturated heterocycles. The normalized spacial score (nSPS) is 15.8. The average molecular weight is 477 g/mol. The Hall–Kier alpha value is -0.490. The van der Waals surface area contributed by atoms with Crippen molar-refractivity contribution < 1.29 is 14.0 Å². The Kier molecular flexibility index (Phi) is 35.6. The molecule has 5 nitrogen and oxygen atoms in total. The van der Waals surface area contributed by atoms with Gasteiger partial charge >= 0.3 is 0 Å². The summed E-state index contributed by atoms with van der Waals surface area (Å²) in [7, 11) is 14.8. The average Bonchev–Trinajstić information content (AvgIpc) is 3.04. The first-order chi connectivity index (χ1) is 15.4. The summed E-state index contributed by atoms with van der Waals surface area (Å²) in [5.74, 6) is 0.289. The van der Waals surface area contributed by atoms with Crippen molar-refractivity contribution in [1.82, 2.24) is 9.80 Å². The monoisotopic (exact) mass is 477 g/mol. The van der Waals surface area contributed by atoms with Crippen LogP contribution in [0.15, 0.2) is 0 Å². The van der Waals surface area contributed by atoms with Crippen LogP contribution in [0.1, 0.15) is 99.3 Å². The van der Waals surface area contributed by atoms with E-state index in [1.54, 1.807) is 14.0 Å². The van der Waals surface area contributed by atoms with Gasteiger partial charge in [0.1, 0.15) is 5.78 Å². The number of hydrogen-bond donors (Lipinski definition) is 0. The molecule has 1 fully saturated rings. The fraction of sp³-hybridized carbons (Fsp3) is 0.964. The summed E-state index contributed by atoms with van der Waals surface area (Å²) >= 11 is 0. The number of rotatable bonds is 10. The van der Waals surface area contributed by atoms with Gasteiger partial charge in [-0.15, -0.1) is 0 Å². The molecule has 0 bridgehead atoms. The van der Waals surface area contributed by atoms with Crippen LogP contribution in [-0.4, -0.2) is 102 Å². The van der Waals surface area contributed by atoms with Crippen molar-refractivity contribution in [3.05, 3.63) is 0 Å². The van der Waals surface area contributed by atoms with Crippen LogP contribution < -0.4 is 0 Å². The fourth-order valence-corrected chi connectivity index (χ4v) is 2.87. The van der Waals surface area contributed by atoms with Gasteiger partial charge in [0.15, 0.2) is 0 Å². The second kappa shape index (κ2) is 29.5. The molecule has 1 rings (SSSR count). The lowest BCUT2D eigenvalue weighted by Gasteiger charge is -2.28. The Morgan fingerprint density at radius 1 is 0.879 bits per heavy atom. The molecule has 0 aromatic carbocycles. The minimum atomic E-state index is 0.289. The zero-order chi connectivity index (χ0) is 26.7. The van der Waals surface area contributed by atoms with E-state index in [0.717, 1.165) is 25.5 Å². The molecule has 1 atom stereocenters. The quantitative estimate of drug-likeness (QED) is 0.271. The first kappa shape index (κ1) is 39.7. The van der Waals surface area contributed by atoms with Crippen LogP contribution in [0.3, 0.4) is 0 Å². The maximum absolute atomic E-state index is 10.0. The van der Waals surface area contributed by atoms with E-state index in [4.69, 9.17) is 0 Å². The van der Waals surface area contributed by atoms with Crippen LogP contribution in [0.4, 0.5) is 0 Å². The van der Waals surface area contributed by atoms with Crippen LogP contribution in [0.5, 0.6) is 0 Å². The zero-order valence-electron chi connectivity index (χ0n) is 25.4. The molecule has 0 aliphatic carbocycles. The maximum atomic E-state index is 10.0. The van der Waals surface area contributed by atoms with Gasteiger partial charge in [-0.3, -0.25) is 0 Å². The van der Waals surface area contributed by atoms with Gasteiger partial charge in [0.05, 0.1) is 26.7 Å². The highest BCUT2D eigenvalue weighted by molar-refractivity contribution is 5.75. The van der Waals surface area contributed by atoms with Crippen molar-refractivity contribution in [2.45, 2.75) is 105 Å². The number of hydrogen-bond acceptors (Lipinski definition) is 4. The van der Waals surface area contributed by atoms with Crippen LogP contribution >= 0.6 is 0 Å². The first-order valence-corrected chi connectivity index (χ1v) is 13.5. The lowest BCUT2D eigenvalue weighted by Crippen LogP contribution is -2.41. The third kappa shape index (κ3) is 42.2. The Morgan fingerprint density at radius 3 is 1.48 bits per heavy atom. The van der Waals surface area contributed by atoms with Gasteiger partial charge in [-0.2, -0.15) is 0 Å². The van der Waals surface area contributed by atoms with Gasteiger partial charge in [0, 0.05) is 33.0 Å². The predicted molar refractivity (Wildman–Crippen MR) is 150 cm³/mol. The lowest BCUT2D eigenvalue weighted by molar-refractivity contribution is -0.900. The number of carbonyl (C=O) groups is 1. The third-order valence-electron chi connectivity index (χ3n) is 5.61. The van der Waals surface area contributed by atoms with E-state index in [2.05, 4.69) is 77.6 Å².